The molecule has 3 heteroatoms. The number of carbonyl (C=O) groups is 1. The first-order valence-electron chi connectivity index (χ1n) is 4.21. The lowest BCUT2D eigenvalue weighted by Gasteiger charge is -1.96. The number of rotatable bonds is 2. The van der Waals surface area contributed by atoms with E-state index in [1.165, 1.54) is 0 Å². The summed E-state index contributed by atoms with van der Waals surface area (Å²) in [5.41, 5.74) is 1.17. The van der Waals surface area contributed by atoms with E-state index in [9.17, 15) is 4.79 Å². The number of halogens is 1. The van der Waals surface area contributed by atoms with Crippen molar-refractivity contribution in [2.75, 3.05) is 0 Å². The molecule has 1 N–H and O–H groups in total. The number of aromatic nitrogens is 1. The van der Waals surface area contributed by atoms with Crippen LogP contribution in [0.1, 0.15) is 16.1 Å². The summed E-state index contributed by atoms with van der Waals surface area (Å²) < 4.78 is 0. The van der Waals surface area contributed by atoms with Crippen molar-refractivity contribution in [1.82, 2.24) is 4.98 Å². The van der Waals surface area contributed by atoms with Crippen LogP contribution in [-0.2, 0) is 0 Å². The number of carbonyl (C=O) groups excluding carboxylic acids is 1. The molecule has 0 saturated heterocycles. The molecule has 0 atom stereocenters. The first kappa shape index (κ1) is 9.03. The van der Waals surface area contributed by atoms with Gasteiger partial charge in [-0.15, -0.1) is 0 Å². The Balaban J connectivity index is 2.34. The Morgan fingerprint density at radius 1 is 1.07 bits per heavy atom. The fourth-order valence-corrected chi connectivity index (χ4v) is 1.41. The zero-order chi connectivity index (χ0) is 9.97. The molecule has 1 aromatic heterocycles. The molecule has 1 heterocycles. The van der Waals surface area contributed by atoms with Crippen molar-refractivity contribution in [3.05, 3.63) is 58.9 Å². The van der Waals surface area contributed by atoms with Crippen molar-refractivity contribution < 1.29 is 4.79 Å². The van der Waals surface area contributed by atoms with Gasteiger partial charge in [-0.3, -0.25) is 4.79 Å². The Bertz CT molecular complexity index is 447. The second kappa shape index (κ2) is 3.68. The molecule has 0 saturated carbocycles. The van der Waals surface area contributed by atoms with E-state index in [-0.39, 0.29) is 5.78 Å². The predicted octanol–water partition coefficient (Wildman–Crippen LogP) is 2.90. The number of hydrogen-bond acceptors (Lipinski definition) is 1. The number of aromatic amines is 1. The molecule has 70 valence electrons. The minimum Gasteiger partial charge on any atom is -0.343 e. The van der Waals surface area contributed by atoms with Crippen molar-refractivity contribution in [3.63, 3.8) is 0 Å². The molecule has 0 unspecified atom stereocenters. The van der Waals surface area contributed by atoms with Crippen LogP contribution in [0, 0.1) is 0 Å². The Morgan fingerprint density at radius 3 is 2.36 bits per heavy atom. The van der Waals surface area contributed by atoms with E-state index >= 15 is 0 Å². The minimum atomic E-state index is -0.0440. The van der Waals surface area contributed by atoms with Crippen LogP contribution in [0.3, 0.4) is 0 Å². The quantitative estimate of drug-likeness (QED) is 0.752. The monoisotopic (exact) mass is 205 g/mol. The first-order chi connectivity index (χ1) is 6.77. The van der Waals surface area contributed by atoms with Gasteiger partial charge in [0.25, 0.3) is 0 Å². The molecule has 2 rings (SSSR count). The highest BCUT2D eigenvalue weighted by atomic mass is 35.5. The minimum absolute atomic E-state index is 0.0440. The maximum Gasteiger partial charge on any atom is 0.209 e. The Kier molecular flexibility index (Phi) is 2.37. The van der Waals surface area contributed by atoms with Crippen molar-refractivity contribution in [1.29, 1.82) is 0 Å². The number of nitrogens with one attached hydrogen (secondary N) is 1. The average molecular weight is 206 g/mol. The van der Waals surface area contributed by atoms with Gasteiger partial charge >= 0.3 is 0 Å². The summed E-state index contributed by atoms with van der Waals surface area (Å²) >= 11 is 5.68. The summed E-state index contributed by atoms with van der Waals surface area (Å²) in [6.45, 7) is 0. The van der Waals surface area contributed by atoms with Crippen molar-refractivity contribution in [2.24, 2.45) is 0 Å². The fourth-order valence-electron chi connectivity index (χ4n) is 1.25. The van der Waals surface area contributed by atoms with Gasteiger partial charge in [-0.2, -0.15) is 0 Å². The molecule has 0 aliphatic heterocycles. The van der Waals surface area contributed by atoms with Gasteiger partial charge in [0, 0.05) is 5.56 Å². The van der Waals surface area contributed by atoms with Crippen LogP contribution in [0.15, 0.2) is 42.5 Å². The van der Waals surface area contributed by atoms with E-state index < -0.39 is 0 Å². The topological polar surface area (TPSA) is 32.9 Å². The normalized spacial score (nSPS) is 10.1. The number of hydrogen-bond donors (Lipinski definition) is 1. The van der Waals surface area contributed by atoms with Gasteiger partial charge in [-0.05, 0) is 12.1 Å². The van der Waals surface area contributed by atoms with E-state index in [0.29, 0.717) is 16.4 Å². The molecule has 1 aromatic carbocycles. The lowest BCUT2D eigenvalue weighted by atomic mass is 10.1. The van der Waals surface area contributed by atoms with E-state index in [1.54, 1.807) is 24.3 Å². The molecule has 0 aliphatic rings. The molecule has 0 aliphatic carbocycles. The van der Waals surface area contributed by atoms with Gasteiger partial charge in [-0.1, -0.05) is 41.9 Å². The largest absolute Gasteiger partial charge is 0.343 e. The second-order valence-electron chi connectivity index (χ2n) is 2.92. The SMILES string of the molecule is O=C(c1ccccc1)c1ccc(Cl)[nH]1. The van der Waals surface area contributed by atoms with Crippen LogP contribution in [0.5, 0.6) is 0 Å². The van der Waals surface area contributed by atoms with Crippen LogP contribution in [-0.4, -0.2) is 10.8 Å². The summed E-state index contributed by atoms with van der Waals surface area (Å²) in [4.78, 5) is 14.6. The van der Waals surface area contributed by atoms with Gasteiger partial charge in [-0.25, -0.2) is 0 Å². The smallest absolute Gasteiger partial charge is 0.209 e. The summed E-state index contributed by atoms with van der Waals surface area (Å²) in [5.74, 6) is -0.0440. The Hall–Kier alpha value is -1.54. The Morgan fingerprint density at radius 2 is 1.79 bits per heavy atom. The summed E-state index contributed by atoms with van der Waals surface area (Å²) in [6.07, 6.45) is 0. The van der Waals surface area contributed by atoms with Gasteiger partial charge in [0.05, 0.1) is 5.69 Å². The van der Waals surface area contributed by atoms with Crippen LogP contribution in [0.25, 0.3) is 0 Å². The maximum atomic E-state index is 11.8. The fraction of sp³-hybridized carbons (Fsp3) is 0. The summed E-state index contributed by atoms with van der Waals surface area (Å²) in [5, 5.41) is 0.476. The first-order valence-corrected chi connectivity index (χ1v) is 4.59. The molecule has 14 heavy (non-hydrogen) atoms. The molecule has 0 bridgehead atoms. The standard InChI is InChI=1S/C11H8ClNO/c12-10-7-6-9(13-10)11(14)8-4-2-1-3-5-8/h1-7,13H. The highest BCUT2D eigenvalue weighted by Gasteiger charge is 2.09. The van der Waals surface area contributed by atoms with E-state index in [1.807, 2.05) is 18.2 Å². The van der Waals surface area contributed by atoms with Crippen LogP contribution in [0.4, 0.5) is 0 Å². The highest BCUT2D eigenvalue weighted by Crippen LogP contribution is 2.12. The molecular weight excluding hydrogens is 198 g/mol. The van der Waals surface area contributed by atoms with Crippen LogP contribution >= 0.6 is 11.6 Å². The third-order valence-corrected chi connectivity index (χ3v) is 2.15. The molecule has 0 spiro atoms. The van der Waals surface area contributed by atoms with E-state index in [0.717, 1.165) is 0 Å². The molecule has 2 aromatic rings. The molecule has 0 radical (unpaired) electrons. The third kappa shape index (κ3) is 1.70. The van der Waals surface area contributed by atoms with Crippen molar-refractivity contribution in [3.8, 4) is 0 Å². The molecular formula is C11H8ClNO. The molecule has 2 nitrogen and oxygen atoms in total. The second-order valence-corrected chi connectivity index (χ2v) is 3.32. The number of benzene rings is 1. The predicted molar refractivity (Wildman–Crippen MR) is 55.7 cm³/mol. The van der Waals surface area contributed by atoms with Crippen LogP contribution < -0.4 is 0 Å². The maximum absolute atomic E-state index is 11.8. The average Bonchev–Trinajstić information content (AvgIpc) is 2.65. The van der Waals surface area contributed by atoms with Gasteiger partial charge in [0.15, 0.2) is 0 Å². The molecule has 0 amide bonds. The van der Waals surface area contributed by atoms with E-state index in [4.69, 9.17) is 11.6 Å². The number of H-pyrrole nitrogens is 1. The zero-order valence-corrected chi connectivity index (χ0v) is 8.08. The van der Waals surface area contributed by atoms with Crippen molar-refractivity contribution >= 4 is 17.4 Å². The van der Waals surface area contributed by atoms with Gasteiger partial charge in [0.2, 0.25) is 5.78 Å². The lowest BCUT2D eigenvalue weighted by molar-refractivity contribution is 0.103. The zero-order valence-electron chi connectivity index (χ0n) is 7.33. The summed E-state index contributed by atoms with van der Waals surface area (Å²) in [7, 11) is 0. The summed E-state index contributed by atoms with van der Waals surface area (Å²) in [6, 6.07) is 12.4. The number of ketones is 1. The van der Waals surface area contributed by atoms with Crippen LogP contribution in [0.2, 0.25) is 5.15 Å². The van der Waals surface area contributed by atoms with E-state index in [2.05, 4.69) is 4.98 Å². The third-order valence-electron chi connectivity index (χ3n) is 1.93. The van der Waals surface area contributed by atoms with Gasteiger partial charge < -0.3 is 4.98 Å². The Labute approximate surface area is 86.5 Å². The van der Waals surface area contributed by atoms with Crippen molar-refractivity contribution in [2.45, 2.75) is 0 Å². The lowest BCUT2D eigenvalue weighted by Crippen LogP contribution is -2.00. The van der Waals surface area contributed by atoms with Gasteiger partial charge in [0.1, 0.15) is 5.15 Å². The highest BCUT2D eigenvalue weighted by molar-refractivity contribution is 6.29. The molecule has 0 fully saturated rings.